The Morgan fingerprint density at radius 1 is 1.21 bits per heavy atom. The van der Waals surface area contributed by atoms with E-state index in [4.69, 9.17) is 4.18 Å². The van der Waals surface area contributed by atoms with E-state index in [2.05, 4.69) is 33.8 Å². The van der Waals surface area contributed by atoms with Gasteiger partial charge in [0.2, 0.25) is 0 Å². The Morgan fingerprint density at radius 3 is 2.61 bits per heavy atom. The molecule has 7 heteroatoms. The van der Waals surface area contributed by atoms with Gasteiger partial charge in [-0.1, -0.05) is 57.4 Å². The van der Waals surface area contributed by atoms with E-state index in [9.17, 15) is 23.2 Å². The summed E-state index contributed by atoms with van der Waals surface area (Å²) in [6.45, 7) is 13.3. The molecule has 0 amide bonds. The quantitative estimate of drug-likeness (QED) is 0.148. The standard InChI is InChI=1S/C31H48O6S/c1-21(11-13-24-19-25(32)14-15-27(24)33)9-7-10-23(3)28(37-38(34,35)36)20-26-22(2)12-16-29-30(4,5)17-8-18-31(26,29)6/h11-12,14-15,19,23,26,28-29,32-33H,7-10,13,16-18,20H2,1-6H3,(H,34,35,36)/b21-11+/t23?,26-,28?,29?,31+/m0/s1. The number of benzene rings is 1. The first-order chi connectivity index (χ1) is 17.6. The Balaban J connectivity index is 1.67. The van der Waals surface area contributed by atoms with E-state index in [1.54, 1.807) is 6.07 Å². The van der Waals surface area contributed by atoms with Gasteiger partial charge in [0.1, 0.15) is 11.5 Å². The average molecular weight is 549 g/mol. The summed E-state index contributed by atoms with van der Waals surface area (Å²) < 4.78 is 38.7. The van der Waals surface area contributed by atoms with Gasteiger partial charge in [-0.15, -0.1) is 0 Å². The molecule has 0 saturated heterocycles. The molecule has 214 valence electrons. The lowest BCUT2D eigenvalue weighted by Gasteiger charge is -2.57. The molecule has 0 bridgehead atoms. The Morgan fingerprint density at radius 2 is 1.92 bits per heavy atom. The van der Waals surface area contributed by atoms with Crippen molar-refractivity contribution in [3.63, 3.8) is 0 Å². The summed E-state index contributed by atoms with van der Waals surface area (Å²) in [4.78, 5) is 0. The number of hydrogen-bond acceptors (Lipinski definition) is 5. The predicted molar refractivity (Wildman–Crippen MR) is 152 cm³/mol. The highest BCUT2D eigenvalue weighted by Crippen LogP contribution is 2.60. The second-order valence-corrected chi connectivity index (χ2v) is 13.9. The monoisotopic (exact) mass is 548 g/mol. The van der Waals surface area contributed by atoms with Gasteiger partial charge in [-0.2, -0.15) is 8.42 Å². The van der Waals surface area contributed by atoms with Crippen LogP contribution in [0.15, 0.2) is 41.5 Å². The predicted octanol–water partition coefficient (Wildman–Crippen LogP) is 7.77. The third kappa shape index (κ3) is 7.64. The number of aromatic hydroxyl groups is 2. The smallest absolute Gasteiger partial charge is 0.397 e. The third-order valence-electron chi connectivity index (χ3n) is 9.61. The van der Waals surface area contributed by atoms with Crippen molar-refractivity contribution >= 4 is 10.4 Å². The van der Waals surface area contributed by atoms with Crippen molar-refractivity contribution in [3.05, 3.63) is 47.1 Å². The van der Waals surface area contributed by atoms with Crippen LogP contribution in [0.3, 0.4) is 0 Å². The molecule has 0 aromatic heterocycles. The summed E-state index contributed by atoms with van der Waals surface area (Å²) in [7, 11) is -4.57. The number of fused-ring (bicyclic) bond motifs is 1. The van der Waals surface area contributed by atoms with Crippen LogP contribution in [0.2, 0.25) is 0 Å². The maximum absolute atomic E-state index is 11.9. The Bertz CT molecular complexity index is 1140. The van der Waals surface area contributed by atoms with Gasteiger partial charge in [0.25, 0.3) is 0 Å². The highest BCUT2D eigenvalue weighted by molar-refractivity contribution is 7.80. The first-order valence-electron chi connectivity index (χ1n) is 14.1. The Labute approximate surface area is 230 Å². The van der Waals surface area contributed by atoms with Gasteiger partial charge in [-0.25, -0.2) is 4.18 Å². The maximum Gasteiger partial charge on any atom is 0.397 e. The van der Waals surface area contributed by atoms with Crippen LogP contribution in [-0.2, 0) is 21.0 Å². The van der Waals surface area contributed by atoms with Gasteiger partial charge in [-0.3, -0.25) is 4.55 Å². The summed E-state index contributed by atoms with van der Waals surface area (Å²) in [6, 6.07) is 4.52. The molecule has 0 aliphatic heterocycles. The largest absolute Gasteiger partial charge is 0.508 e. The molecular formula is C31H48O6S. The van der Waals surface area contributed by atoms with Crippen LogP contribution >= 0.6 is 0 Å². The molecule has 1 saturated carbocycles. The molecule has 0 radical (unpaired) electrons. The van der Waals surface area contributed by atoms with Crippen LogP contribution in [0.5, 0.6) is 11.5 Å². The summed E-state index contributed by atoms with van der Waals surface area (Å²) in [5.41, 5.74) is 3.47. The van der Waals surface area contributed by atoms with Gasteiger partial charge < -0.3 is 10.2 Å². The zero-order valence-electron chi connectivity index (χ0n) is 24.0. The number of phenols is 2. The second-order valence-electron chi connectivity index (χ2n) is 12.9. The minimum atomic E-state index is -4.57. The SMILES string of the molecule is CC1=CCC2C(C)(C)CCC[C@]2(C)[C@H]1CC(OS(=O)(=O)O)C(C)CCC/C(C)=C/Cc1cc(O)ccc1O. The Hall–Kier alpha value is -1.83. The van der Waals surface area contributed by atoms with Crippen LogP contribution in [0.4, 0.5) is 0 Å². The molecule has 0 spiro atoms. The normalized spacial score (nSPS) is 27.3. The van der Waals surface area contributed by atoms with Crippen molar-refractivity contribution < 1.29 is 27.4 Å². The van der Waals surface area contributed by atoms with Crippen LogP contribution in [0, 0.1) is 28.6 Å². The van der Waals surface area contributed by atoms with E-state index >= 15 is 0 Å². The zero-order chi connectivity index (χ0) is 28.3. The van der Waals surface area contributed by atoms with E-state index in [1.165, 1.54) is 30.5 Å². The maximum atomic E-state index is 11.9. The number of phenolic OH excluding ortho intramolecular Hbond substituents is 2. The fourth-order valence-corrected chi connectivity index (χ4v) is 7.94. The molecule has 38 heavy (non-hydrogen) atoms. The first-order valence-corrected chi connectivity index (χ1v) is 15.5. The molecule has 2 aliphatic rings. The lowest BCUT2D eigenvalue weighted by Crippen LogP contribution is -2.49. The van der Waals surface area contributed by atoms with E-state index in [1.807, 2.05) is 19.9 Å². The van der Waals surface area contributed by atoms with Gasteiger partial charge in [0, 0.05) is 5.56 Å². The van der Waals surface area contributed by atoms with Crippen molar-refractivity contribution in [2.24, 2.45) is 28.6 Å². The topological polar surface area (TPSA) is 104 Å². The van der Waals surface area contributed by atoms with Crippen LogP contribution < -0.4 is 0 Å². The van der Waals surface area contributed by atoms with Gasteiger partial charge >= 0.3 is 10.4 Å². The van der Waals surface area contributed by atoms with Crippen molar-refractivity contribution in [2.45, 2.75) is 105 Å². The highest BCUT2D eigenvalue weighted by Gasteiger charge is 2.52. The molecule has 1 aromatic carbocycles. The summed E-state index contributed by atoms with van der Waals surface area (Å²) in [5, 5.41) is 19.7. The van der Waals surface area contributed by atoms with Crippen LogP contribution in [-0.4, -0.2) is 29.3 Å². The molecule has 6 nitrogen and oxygen atoms in total. The first kappa shape index (κ1) is 30.7. The Kier molecular flexibility index (Phi) is 9.81. The van der Waals surface area contributed by atoms with E-state index < -0.39 is 16.5 Å². The van der Waals surface area contributed by atoms with E-state index in [0.717, 1.165) is 37.7 Å². The number of hydrogen-bond donors (Lipinski definition) is 3. The van der Waals surface area contributed by atoms with Gasteiger partial charge in [-0.05, 0) is 112 Å². The minimum absolute atomic E-state index is 0.0479. The summed E-state index contributed by atoms with van der Waals surface area (Å²) in [6.07, 6.45) is 12.0. The summed E-state index contributed by atoms with van der Waals surface area (Å²) in [5.74, 6) is 0.996. The molecule has 3 N–H and O–H groups in total. The second kappa shape index (κ2) is 12.1. The minimum Gasteiger partial charge on any atom is -0.508 e. The third-order valence-corrected chi connectivity index (χ3v) is 10.1. The highest BCUT2D eigenvalue weighted by atomic mass is 32.3. The van der Waals surface area contributed by atoms with Crippen LogP contribution in [0.25, 0.3) is 0 Å². The lowest BCUT2D eigenvalue weighted by atomic mass is 9.48. The molecular weight excluding hydrogens is 500 g/mol. The molecule has 0 heterocycles. The fourth-order valence-electron chi connectivity index (χ4n) is 7.36. The van der Waals surface area contributed by atoms with Crippen molar-refractivity contribution in [2.75, 3.05) is 0 Å². The zero-order valence-corrected chi connectivity index (χ0v) is 24.9. The van der Waals surface area contributed by atoms with E-state index in [0.29, 0.717) is 24.3 Å². The van der Waals surface area contributed by atoms with Crippen molar-refractivity contribution in [1.82, 2.24) is 0 Å². The fraction of sp³-hybridized carbons (Fsp3) is 0.677. The molecule has 2 aliphatic carbocycles. The number of allylic oxidation sites excluding steroid dienone is 4. The average Bonchev–Trinajstić information content (AvgIpc) is 2.79. The molecule has 3 unspecified atom stereocenters. The van der Waals surface area contributed by atoms with Crippen molar-refractivity contribution in [1.29, 1.82) is 0 Å². The lowest BCUT2D eigenvalue weighted by molar-refractivity contribution is -0.0517. The van der Waals surface area contributed by atoms with E-state index in [-0.39, 0.29) is 34.2 Å². The summed E-state index contributed by atoms with van der Waals surface area (Å²) >= 11 is 0. The van der Waals surface area contributed by atoms with Gasteiger partial charge in [0.05, 0.1) is 6.10 Å². The van der Waals surface area contributed by atoms with Crippen molar-refractivity contribution in [3.8, 4) is 11.5 Å². The molecule has 3 rings (SSSR count). The van der Waals surface area contributed by atoms with Crippen LogP contribution in [0.1, 0.15) is 98.5 Å². The molecule has 5 atom stereocenters. The van der Waals surface area contributed by atoms with Gasteiger partial charge in [0.15, 0.2) is 0 Å². The molecule has 1 fully saturated rings. The number of rotatable bonds is 11. The molecule has 1 aromatic rings.